The van der Waals surface area contributed by atoms with E-state index in [2.05, 4.69) is 19.2 Å². The van der Waals surface area contributed by atoms with Crippen LogP contribution in [0, 0.1) is 5.82 Å². The first-order valence-electron chi connectivity index (χ1n) is 5.74. The third kappa shape index (κ3) is 2.11. The Kier molecular flexibility index (Phi) is 3.00. The van der Waals surface area contributed by atoms with Crippen LogP contribution in [0.4, 0.5) is 4.39 Å². The highest BCUT2D eigenvalue weighted by Gasteiger charge is 2.44. The molecular weight excluding hydrogens is 205 g/mol. The van der Waals surface area contributed by atoms with Crippen LogP contribution in [-0.2, 0) is 5.54 Å². The van der Waals surface area contributed by atoms with Crippen LogP contribution in [0.2, 0.25) is 0 Å². The molecule has 1 aromatic carbocycles. The summed E-state index contributed by atoms with van der Waals surface area (Å²) in [6.07, 6.45) is 1.17. The van der Waals surface area contributed by atoms with Gasteiger partial charge in [0, 0.05) is 11.6 Å². The van der Waals surface area contributed by atoms with Crippen molar-refractivity contribution >= 4 is 0 Å². The van der Waals surface area contributed by atoms with Gasteiger partial charge in [-0.25, -0.2) is 4.39 Å². The third-order valence-corrected chi connectivity index (χ3v) is 3.13. The van der Waals surface area contributed by atoms with Gasteiger partial charge in [0.2, 0.25) is 0 Å². The first-order chi connectivity index (χ1) is 7.52. The van der Waals surface area contributed by atoms with Gasteiger partial charge in [-0.05, 0) is 30.5 Å². The monoisotopic (exact) mass is 223 g/mol. The van der Waals surface area contributed by atoms with Crippen molar-refractivity contribution in [2.45, 2.75) is 44.4 Å². The van der Waals surface area contributed by atoms with Crippen LogP contribution < -0.4 is 5.32 Å². The fourth-order valence-corrected chi connectivity index (χ4v) is 2.50. The van der Waals surface area contributed by atoms with Gasteiger partial charge in [0.15, 0.2) is 0 Å². The van der Waals surface area contributed by atoms with E-state index >= 15 is 0 Å². The molecule has 0 amide bonds. The highest BCUT2D eigenvalue weighted by atomic mass is 19.1. The molecule has 1 fully saturated rings. The average molecular weight is 223 g/mol. The molecule has 0 aliphatic heterocycles. The van der Waals surface area contributed by atoms with E-state index in [0.717, 1.165) is 5.56 Å². The average Bonchev–Trinajstić information content (AvgIpc) is 2.15. The second-order valence-electron chi connectivity index (χ2n) is 4.95. The van der Waals surface area contributed by atoms with Crippen molar-refractivity contribution < 1.29 is 9.50 Å². The van der Waals surface area contributed by atoms with Crippen LogP contribution in [0.5, 0.6) is 0 Å². The first-order valence-corrected chi connectivity index (χ1v) is 5.74. The number of aliphatic hydroxyl groups excluding tert-OH is 1. The molecule has 0 aromatic heterocycles. The highest BCUT2D eigenvalue weighted by Crippen LogP contribution is 2.41. The summed E-state index contributed by atoms with van der Waals surface area (Å²) < 4.78 is 12.9. The summed E-state index contributed by atoms with van der Waals surface area (Å²) in [6.45, 7) is 4.16. The summed E-state index contributed by atoms with van der Waals surface area (Å²) in [5.74, 6) is -0.219. The highest BCUT2D eigenvalue weighted by molar-refractivity contribution is 5.29. The summed E-state index contributed by atoms with van der Waals surface area (Å²) >= 11 is 0. The number of nitrogens with one attached hydrogen (secondary N) is 1. The van der Waals surface area contributed by atoms with Crippen LogP contribution in [0.1, 0.15) is 32.3 Å². The fraction of sp³-hybridized carbons (Fsp3) is 0.538. The Labute approximate surface area is 95.5 Å². The molecule has 0 radical (unpaired) electrons. The summed E-state index contributed by atoms with van der Waals surface area (Å²) in [5, 5.41) is 13.0. The SMILES string of the molecule is CC(C)NC1(c2ccc(F)cc2)CC(O)C1. The van der Waals surface area contributed by atoms with Gasteiger partial charge in [-0.2, -0.15) is 0 Å². The molecule has 2 N–H and O–H groups in total. The van der Waals surface area contributed by atoms with E-state index in [9.17, 15) is 9.50 Å². The normalized spacial score (nSPS) is 29.2. The molecule has 2 rings (SSSR count). The van der Waals surface area contributed by atoms with Crippen LogP contribution in [0.15, 0.2) is 24.3 Å². The molecule has 1 saturated carbocycles. The molecule has 0 spiro atoms. The van der Waals surface area contributed by atoms with Crippen molar-refractivity contribution in [1.82, 2.24) is 5.32 Å². The molecule has 0 heterocycles. The minimum absolute atomic E-state index is 0.165. The Hall–Kier alpha value is -0.930. The van der Waals surface area contributed by atoms with E-state index in [1.54, 1.807) is 12.1 Å². The van der Waals surface area contributed by atoms with Crippen LogP contribution in [0.25, 0.3) is 0 Å². The number of benzene rings is 1. The lowest BCUT2D eigenvalue weighted by molar-refractivity contribution is -0.00531. The van der Waals surface area contributed by atoms with Crippen molar-refractivity contribution in [2.24, 2.45) is 0 Å². The molecule has 0 bridgehead atoms. The lowest BCUT2D eigenvalue weighted by Crippen LogP contribution is -2.56. The summed E-state index contributed by atoms with van der Waals surface area (Å²) in [7, 11) is 0. The van der Waals surface area contributed by atoms with Gasteiger partial charge in [0.25, 0.3) is 0 Å². The number of halogens is 1. The topological polar surface area (TPSA) is 32.3 Å². The molecule has 0 atom stereocenters. The zero-order chi connectivity index (χ0) is 11.8. The lowest BCUT2D eigenvalue weighted by Gasteiger charge is -2.48. The van der Waals surface area contributed by atoms with Gasteiger partial charge in [-0.15, -0.1) is 0 Å². The van der Waals surface area contributed by atoms with Crippen LogP contribution >= 0.6 is 0 Å². The number of aliphatic hydroxyl groups is 1. The molecular formula is C13H18FNO. The van der Waals surface area contributed by atoms with Gasteiger partial charge < -0.3 is 10.4 Å². The Balaban J connectivity index is 2.23. The standard InChI is InChI=1S/C13H18FNO/c1-9(2)15-13(7-12(16)8-13)10-3-5-11(14)6-4-10/h3-6,9,12,15-16H,7-8H2,1-2H3. The van der Waals surface area contributed by atoms with Gasteiger partial charge in [0.05, 0.1) is 6.10 Å². The quantitative estimate of drug-likeness (QED) is 0.823. The third-order valence-electron chi connectivity index (χ3n) is 3.13. The molecule has 0 unspecified atom stereocenters. The number of hydrogen-bond acceptors (Lipinski definition) is 2. The second-order valence-corrected chi connectivity index (χ2v) is 4.95. The lowest BCUT2D eigenvalue weighted by atomic mass is 9.69. The molecule has 16 heavy (non-hydrogen) atoms. The Morgan fingerprint density at radius 1 is 1.31 bits per heavy atom. The van der Waals surface area contributed by atoms with E-state index < -0.39 is 0 Å². The van der Waals surface area contributed by atoms with Gasteiger partial charge >= 0.3 is 0 Å². The summed E-state index contributed by atoms with van der Waals surface area (Å²) in [6, 6.07) is 6.90. The van der Waals surface area contributed by atoms with Gasteiger partial charge in [0.1, 0.15) is 5.82 Å². The number of hydrogen-bond donors (Lipinski definition) is 2. The molecule has 1 aliphatic rings. The minimum atomic E-state index is -0.240. The summed E-state index contributed by atoms with van der Waals surface area (Å²) in [5.41, 5.74) is 0.897. The fourth-order valence-electron chi connectivity index (χ4n) is 2.50. The van der Waals surface area contributed by atoms with Crippen molar-refractivity contribution in [1.29, 1.82) is 0 Å². The molecule has 1 aromatic rings. The molecule has 88 valence electrons. The van der Waals surface area contributed by atoms with E-state index in [4.69, 9.17) is 0 Å². The number of rotatable bonds is 3. The van der Waals surface area contributed by atoms with Crippen molar-refractivity contribution in [2.75, 3.05) is 0 Å². The predicted octanol–water partition coefficient (Wildman–Crippen LogP) is 2.17. The van der Waals surface area contributed by atoms with Crippen molar-refractivity contribution in [3.63, 3.8) is 0 Å². The second kappa shape index (κ2) is 4.15. The zero-order valence-electron chi connectivity index (χ0n) is 9.70. The molecule has 0 saturated heterocycles. The minimum Gasteiger partial charge on any atom is -0.393 e. The molecule has 1 aliphatic carbocycles. The van der Waals surface area contributed by atoms with Crippen molar-refractivity contribution in [3.05, 3.63) is 35.6 Å². The largest absolute Gasteiger partial charge is 0.393 e. The Morgan fingerprint density at radius 2 is 1.88 bits per heavy atom. The molecule has 3 heteroatoms. The Bertz CT molecular complexity index is 355. The zero-order valence-corrected chi connectivity index (χ0v) is 9.70. The van der Waals surface area contributed by atoms with Crippen LogP contribution in [0.3, 0.4) is 0 Å². The smallest absolute Gasteiger partial charge is 0.123 e. The molecule has 2 nitrogen and oxygen atoms in total. The first kappa shape index (κ1) is 11.6. The predicted molar refractivity (Wildman–Crippen MR) is 61.6 cm³/mol. The Morgan fingerprint density at radius 3 is 2.31 bits per heavy atom. The maximum atomic E-state index is 12.9. The van der Waals surface area contributed by atoms with Gasteiger partial charge in [-0.3, -0.25) is 0 Å². The van der Waals surface area contributed by atoms with Gasteiger partial charge in [-0.1, -0.05) is 26.0 Å². The van der Waals surface area contributed by atoms with E-state index in [-0.39, 0.29) is 17.5 Å². The van der Waals surface area contributed by atoms with Crippen LogP contribution in [-0.4, -0.2) is 17.3 Å². The maximum absolute atomic E-state index is 12.9. The maximum Gasteiger partial charge on any atom is 0.123 e. The van der Waals surface area contributed by atoms with Crippen molar-refractivity contribution in [3.8, 4) is 0 Å². The van der Waals surface area contributed by atoms with E-state index in [1.165, 1.54) is 12.1 Å². The summed E-state index contributed by atoms with van der Waals surface area (Å²) in [4.78, 5) is 0. The van der Waals surface area contributed by atoms with E-state index in [0.29, 0.717) is 18.9 Å². The van der Waals surface area contributed by atoms with E-state index in [1.807, 2.05) is 0 Å².